The largest absolute Gasteiger partial charge is 0.397 e. The van der Waals surface area contributed by atoms with Crippen molar-refractivity contribution in [3.63, 3.8) is 0 Å². The molecule has 0 spiro atoms. The van der Waals surface area contributed by atoms with Gasteiger partial charge in [-0.3, -0.25) is 19.9 Å². The summed E-state index contributed by atoms with van der Waals surface area (Å²) >= 11 is 1.21. The predicted octanol–water partition coefficient (Wildman–Crippen LogP) is 4.08. The number of carbonyl (C=O) groups is 1. The van der Waals surface area contributed by atoms with Crippen LogP contribution < -0.4 is 5.73 Å². The van der Waals surface area contributed by atoms with E-state index in [9.17, 15) is 14.9 Å². The van der Waals surface area contributed by atoms with Gasteiger partial charge in [0, 0.05) is 47.2 Å². The van der Waals surface area contributed by atoms with Gasteiger partial charge in [0.1, 0.15) is 9.71 Å². The molecule has 0 aliphatic heterocycles. The number of carbonyl (C=O) groups excluding carboxylic acids is 1. The number of anilines is 1. The molecule has 27 heavy (non-hydrogen) atoms. The second kappa shape index (κ2) is 6.58. The number of hydrogen-bond acceptors (Lipinski definition) is 7. The van der Waals surface area contributed by atoms with E-state index in [4.69, 9.17) is 5.73 Å². The molecule has 1 aromatic carbocycles. The Morgan fingerprint density at radius 2 is 1.78 bits per heavy atom. The molecule has 0 radical (unpaired) electrons. The van der Waals surface area contributed by atoms with E-state index in [1.54, 1.807) is 18.6 Å². The van der Waals surface area contributed by atoms with Crippen molar-refractivity contribution in [3.8, 4) is 11.1 Å². The second-order valence-corrected chi connectivity index (χ2v) is 6.79. The van der Waals surface area contributed by atoms with Crippen LogP contribution in [0.2, 0.25) is 0 Å². The van der Waals surface area contributed by atoms with Crippen molar-refractivity contribution in [3.05, 3.63) is 81.6 Å². The number of ketones is 1. The van der Waals surface area contributed by atoms with E-state index in [-0.39, 0.29) is 11.5 Å². The first kappa shape index (κ1) is 16.8. The molecule has 0 bridgehead atoms. The lowest BCUT2D eigenvalue weighted by Crippen LogP contribution is -2.02. The summed E-state index contributed by atoms with van der Waals surface area (Å²) in [7, 11) is 0. The third-order valence-electron chi connectivity index (χ3n) is 4.14. The van der Waals surface area contributed by atoms with Crippen LogP contribution in [0.5, 0.6) is 0 Å². The van der Waals surface area contributed by atoms with Gasteiger partial charge in [0.25, 0.3) is 5.69 Å². The molecule has 2 N–H and O–H groups in total. The second-order valence-electron chi connectivity index (χ2n) is 5.79. The molecule has 7 nitrogen and oxygen atoms in total. The van der Waals surface area contributed by atoms with E-state index < -0.39 is 4.92 Å². The topological polar surface area (TPSA) is 112 Å². The Kier molecular flexibility index (Phi) is 4.09. The SMILES string of the molecule is Nc1c(C(=O)c2ccc([N+](=O)[O-])cc2)sc2ncc(-c3ccncc3)cc12. The number of rotatable bonds is 4. The molecule has 0 aliphatic rings. The first-order valence-corrected chi connectivity index (χ1v) is 8.74. The van der Waals surface area contributed by atoms with Gasteiger partial charge in [-0.25, -0.2) is 4.98 Å². The maximum atomic E-state index is 12.8. The number of non-ortho nitro benzene ring substituents is 1. The van der Waals surface area contributed by atoms with Gasteiger partial charge in [0.05, 0.1) is 10.6 Å². The summed E-state index contributed by atoms with van der Waals surface area (Å²) in [6.45, 7) is 0. The van der Waals surface area contributed by atoms with Gasteiger partial charge in [0.15, 0.2) is 0 Å². The number of thiophene rings is 1. The molecular formula is C19H12N4O3S. The minimum absolute atomic E-state index is 0.0699. The quantitative estimate of drug-likeness (QED) is 0.326. The standard InChI is InChI=1S/C19H12N4O3S/c20-16-15-9-13(11-5-7-21-8-6-11)10-22-19(15)27-18(16)17(24)12-1-3-14(4-2-12)23(25)26/h1-10H,20H2. The normalized spacial score (nSPS) is 10.8. The van der Waals surface area contributed by atoms with Gasteiger partial charge >= 0.3 is 0 Å². The molecular weight excluding hydrogens is 364 g/mol. The number of nitrogens with two attached hydrogens (primary N) is 1. The molecule has 132 valence electrons. The van der Waals surface area contributed by atoms with Crippen LogP contribution in [-0.2, 0) is 0 Å². The van der Waals surface area contributed by atoms with Crippen molar-refractivity contribution < 1.29 is 9.72 Å². The molecule has 0 atom stereocenters. The summed E-state index contributed by atoms with van der Waals surface area (Å²) in [6, 6.07) is 11.1. The van der Waals surface area contributed by atoms with Crippen molar-refractivity contribution in [2.24, 2.45) is 0 Å². The van der Waals surface area contributed by atoms with Crippen molar-refractivity contribution in [1.82, 2.24) is 9.97 Å². The summed E-state index contributed by atoms with van der Waals surface area (Å²) in [5.41, 5.74) is 8.70. The Balaban J connectivity index is 1.75. The van der Waals surface area contributed by atoms with Crippen LogP contribution in [0.15, 0.2) is 61.1 Å². The summed E-state index contributed by atoms with van der Waals surface area (Å²) < 4.78 is 0. The van der Waals surface area contributed by atoms with Crippen molar-refractivity contribution in [2.45, 2.75) is 0 Å². The minimum Gasteiger partial charge on any atom is -0.397 e. The Bertz CT molecular complexity index is 1170. The van der Waals surface area contributed by atoms with Crippen LogP contribution in [-0.4, -0.2) is 20.7 Å². The first-order chi connectivity index (χ1) is 13.0. The average molecular weight is 376 g/mol. The van der Waals surface area contributed by atoms with E-state index in [1.165, 1.54) is 35.6 Å². The number of nitrogens with zero attached hydrogens (tertiary/aromatic N) is 3. The number of fused-ring (bicyclic) bond motifs is 1. The molecule has 3 aromatic heterocycles. The van der Waals surface area contributed by atoms with Crippen molar-refractivity contribution >= 4 is 38.7 Å². The van der Waals surface area contributed by atoms with Gasteiger partial charge in [0.2, 0.25) is 5.78 Å². The van der Waals surface area contributed by atoms with E-state index >= 15 is 0 Å². The zero-order chi connectivity index (χ0) is 19.0. The van der Waals surface area contributed by atoms with E-state index in [1.807, 2.05) is 18.2 Å². The van der Waals surface area contributed by atoms with E-state index in [0.29, 0.717) is 26.3 Å². The molecule has 8 heteroatoms. The van der Waals surface area contributed by atoms with Gasteiger partial charge in [-0.05, 0) is 35.9 Å². The maximum Gasteiger partial charge on any atom is 0.269 e. The third kappa shape index (κ3) is 3.02. The molecule has 0 fully saturated rings. The van der Waals surface area contributed by atoms with E-state index in [0.717, 1.165) is 11.1 Å². The summed E-state index contributed by atoms with van der Waals surface area (Å²) in [6.07, 6.45) is 5.12. The summed E-state index contributed by atoms with van der Waals surface area (Å²) in [4.78, 5) is 32.5. The number of hydrogen-bond donors (Lipinski definition) is 1. The fourth-order valence-electron chi connectivity index (χ4n) is 2.74. The highest BCUT2D eigenvalue weighted by Gasteiger charge is 2.20. The number of pyridine rings is 2. The first-order valence-electron chi connectivity index (χ1n) is 7.92. The predicted molar refractivity (Wildman–Crippen MR) is 104 cm³/mol. The minimum atomic E-state index is -0.507. The highest BCUT2D eigenvalue weighted by molar-refractivity contribution is 7.21. The van der Waals surface area contributed by atoms with Gasteiger partial charge in [-0.2, -0.15) is 0 Å². The monoisotopic (exact) mass is 376 g/mol. The summed E-state index contributed by atoms with van der Waals surface area (Å²) in [5, 5.41) is 11.5. The van der Waals surface area contributed by atoms with Crippen LogP contribution in [0, 0.1) is 10.1 Å². The Morgan fingerprint density at radius 3 is 2.44 bits per heavy atom. The molecule has 0 amide bonds. The van der Waals surface area contributed by atoms with Crippen LogP contribution in [0.25, 0.3) is 21.3 Å². The van der Waals surface area contributed by atoms with Crippen LogP contribution in [0.3, 0.4) is 0 Å². The number of nitrogen functional groups attached to an aromatic ring is 1. The number of nitro groups is 1. The highest BCUT2D eigenvalue weighted by Crippen LogP contribution is 2.36. The average Bonchev–Trinajstić information content (AvgIpc) is 3.04. The zero-order valence-corrected chi connectivity index (χ0v) is 14.6. The molecule has 0 saturated carbocycles. The van der Waals surface area contributed by atoms with E-state index in [2.05, 4.69) is 9.97 Å². The fraction of sp³-hybridized carbons (Fsp3) is 0. The fourth-order valence-corrected chi connectivity index (χ4v) is 3.75. The maximum absolute atomic E-state index is 12.8. The number of aromatic nitrogens is 2. The number of nitro benzene ring substituents is 1. The lowest BCUT2D eigenvalue weighted by atomic mass is 10.1. The zero-order valence-electron chi connectivity index (χ0n) is 13.8. The van der Waals surface area contributed by atoms with Gasteiger partial charge in [-0.15, -0.1) is 11.3 Å². The van der Waals surface area contributed by atoms with Crippen molar-refractivity contribution in [1.29, 1.82) is 0 Å². The molecule has 0 aliphatic carbocycles. The van der Waals surface area contributed by atoms with Gasteiger partial charge < -0.3 is 5.73 Å². The third-order valence-corrected chi connectivity index (χ3v) is 5.27. The lowest BCUT2D eigenvalue weighted by Gasteiger charge is -2.01. The molecule has 0 saturated heterocycles. The van der Waals surface area contributed by atoms with Crippen molar-refractivity contribution in [2.75, 3.05) is 5.73 Å². The molecule has 3 heterocycles. The molecule has 4 rings (SSSR count). The molecule has 0 unspecified atom stereocenters. The smallest absolute Gasteiger partial charge is 0.269 e. The summed E-state index contributed by atoms with van der Waals surface area (Å²) in [5.74, 6) is -0.282. The van der Waals surface area contributed by atoms with Crippen LogP contribution in [0.4, 0.5) is 11.4 Å². The Morgan fingerprint density at radius 1 is 1.07 bits per heavy atom. The Hall–Kier alpha value is -3.65. The Labute approximate surface area is 157 Å². The van der Waals surface area contributed by atoms with Crippen LogP contribution >= 0.6 is 11.3 Å². The van der Waals surface area contributed by atoms with Gasteiger partial charge in [-0.1, -0.05) is 0 Å². The van der Waals surface area contributed by atoms with Crippen LogP contribution in [0.1, 0.15) is 15.2 Å². The number of benzene rings is 1. The highest BCUT2D eigenvalue weighted by atomic mass is 32.1. The molecule has 4 aromatic rings. The lowest BCUT2D eigenvalue weighted by molar-refractivity contribution is -0.384.